The summed E-state index contributed by atoms with van der Waals surface area (Å²) < 4.78 is 20.0. The van der Waals surface area contributed by atoms with Crippen molar-refractivity contribution >= 4 is 17.4 Å². The summed E-state index contributed by atoms with van der Waals surface area (Å²) in [6.45, 7) is 9.19. The van der Waals surface area contributed by atoms with Crippen LogP contribution in [0.2, 0.25) is 0 Å². The summed E-state index contributed by atoms with van der Waals surface area (Å²) >= 11 is 0. The topological polar surface area (TPSA) is 71.3 Å². The number of rotatable bonds is 4. The van der Waals surface area contributed by atoms with E-state index in [1.807, 2.05) is 33.8 Å². The third kappa shape index (κ3) is 3.82. The second kappa shape index (κ2) is 6.32. The zero-order valence-electron chi connectivity index (χ0n) is 16.2. The molecular weight excluding hydrogens is 347 g/mol. The number of hydrogen-bond acceptors (Lipinski definition) is 5. The van der Waals surface area contributed by atoms with Crippen LogP contribution in [0.25, 0.3) is 0 Å². The van der Waals surface area contributed by atoms with Gasteiger partial charge in [-0.1, -0.05) is 25.9 Å². The summed E-state index contributed by atoms with van der Waals surface area (Å²) in [5, 5.41) is 6.57. The molecule has 7 heteroatoms. The molecule has 1 saturated carbocycles. The zero-order valence-corrected chi connectivity index (χ0v) is 16.2. The highest BCUT2D eigenvalue weighted by molar-refractivity contribution is 5.90. The van der Waals surface area contributed by atoms with Crippen molar-refractivity contribution in [3.63, 3.8) is 0 Å². The number of carbonyl (C=O) groups is 1. The molecule has 2 aliphatic rings. The van der Waals surface area contributed by atoms with Gasteiger partial charge < -0.3 is 14.7 Å². The molecular formula is C20H25FN4O2. The van der Waals surface area contributed by atoms with E-state index in [9.17, 15) is 9.18 Å². The Morgan fingerprint density at radius 1 is 1.41 bits per heavy atom. The largest absolute Gasteiger partial charge is 0.362 e. The molecule has 0 radical (unpaired) electrons. The Morgan fingerprint density at radius 2 is 2.19 bits per heavy atom. The summed E-state index contributed by atoms with van der Waals surface area (Å²) in [5.74, 6) is 0.940. The first-order chi connectivity index (χ1) is 12.7. The summed E-state index contributed by atoms with van der Waals surface area (Å²) in [4.78, 5) is 18.8. The summed E-state index contributed by atoms with van der Waals surface area (Å²) in [6, 6.07) is 3.39. The Balaban J connectivity index is 1.58. The molecule has 4 rings (SSSR count). The van der Waals surface area contributed by atoms with Crippen molar-refractivity contribution in [2.45, 2.75) is 53.0 Å². The lowest BCUT2D eigenvalue weighted by molar-refractivity contribution is -0.117. The lowest BCUT2D eigenvalue weighted by atomic mass is 9.92. The average molecular weight is 372 g/mol. The quantitative estimate of drug-likeness (QED) is 0.878. The average Bonchev–Trinajstić information content (AvgIpc) is 3.20. The van der Waals surface area contributed by atoms with Crippen LogP contribution in [0.5, 0.6) is 0 Å². The molecule has 1 aliphatic carbocycles. The first kappa shape index (κ1) is 17.9. The van der Waals surface area contributed by atoms with Gasteiger partial charge in [-0.3, -0.25) is 4.79 Å². The number of anilines is 2. The number of aryl methyl sites for hydroxylation is 1. The number of halogens is 1. The van der Waals surface area contributed by atoms with Crippen LogP contribution in [-0.4, -0.2) is 22.6 Å². The van der Waals surface area contributed by atoms with Gasteiger partial charge in [-0.25, -0.2) is 9.37 Å². The van der Waals surface area contributed by atoms with Crippen LogP contribution in [0.3, 0.4) is 0 Å². The molecule has 0 unspecified atom stereocenters. The normalized spacial score (nSPS) is 20.9. The Bertz CT molecular complexity index is 887. The van der Waals surface area contributed by atoms with Gasteiger partial charge >= 0.3 is 0 Å². The van der Waals surface area contributed by atoms with E-state index in [1.54, 1.807) is 0 Å². The first-order valence-corrected chi connectivity index (χ1v) is 9.37. The van der Waals surface area contributed by atoms with E-state index in [-0.39, 0.29) is 17.1 Å². The highest BCUT2D eigenvalue weighted by Gasteiger charge is 2.47. The molecule has 2 atom stereocenters. The number of nitrogens with one attached hydrogen (secondary N) is 1. The molecule has 2 aromatic rings. The predicted molar refractivity (Wildman–Crippen MR) is 100 cm³/mol. The minimum absolute atomic E-state index is 0.0333. The zero-order chi connectivity index (χ0) is 19.3. The van der Waals surface area contributed by atoms with E-state index in [1.165, 1.54) is 6.07 Å². The van der Waals surface area contributed by atoms with Crippen LogP contribution in [-0.2, 0) is 11.3 Å². The van der Waals surface area contributed by atoms with Crippen LogP contribution in [0.15, 0.2) is 16.7 Å². The fraction of sp³-hybridized carbons (Fsp3) is 0.550. The van der Waals surface area contributed by atoms with Crippen LogP contribution in [0.1, 0.15) is 56.7 Å². The van der Waals surface area contributed by atoms with Crippen molar-refractivity contribution in [1.82, 2.24) is 10.1 Å². The summed E-state index contributed by atoms with van der Waals surface area (Å²) in [5.41, 5.74) is 2.32. The van der Waals surface area contributed by atoms with Gasteiger partial charge in [-0.15, -0.1) is 0 Å². The Labute approximate surface area is 158 Å². The Morgan fingerprint density at radius 3 is 2.85 bits per heavy atom. The Kier molecular flexibility index (Phi) is 4.20. The second-order valence-electron chi connectivity index (χ2n) is 8.93. The molecule has 6 nitrogen and oxygen atoms in total. The molecule has 144 valence electrons. The van der Waals surface area contributed by atoms with Crippen molar-refractivity contribution < 1.29 is 13.7 Å². The van der Waals surface area contributed by atoms with E-state index in [0.717, 1.165) is 35.8 Å². The van der Waals surface area contributed by atoms with Crippen molar-refractivity contribution in [3.05, 3.63) is 35.1 Å². The molecule has 1 aliphatic heterocycles. The number of carbonyl (C=O) groups excluding carboxylic acids is 1. The molecule has 1 N–H and O–H groups in total. The number of nitrogens with zero attached hydrogens (tertiary/aromatic N) is 3. The predicted octanol–water partition coefficient (Wildman–Crippen LogP) is 4.02. The number of fused-ring (bicyclic) bond motifs is 3. The fourth-order valence-electron chi connectivity index (χ4n) is 3.76. The first-order valence-electron chi connectivity index (χ1n) is 9.37. The van der Waals surface area contributed by atoms with Gasteiger partial charge in [0.25, 0.3) is 0 Å². The number of hydrogen-bond donors (Lipinski definition) is 1. The van der Waals surface area contributed by atoms with E-state index in [2.05, 4.69) is 20.4 Å². The highest BCUT2D eigenvalue weighted by Crippen LogP contribution is 2.54. The van der Waals surface area contributed by atoms with Crippen molar-refractivity contribution in [1.29, 1.82) is 0 Å². The lowest BCUT2D eigenvalue weighted by Crippen LogP contribution is -2.30. The lowest BCUT2D eigenvalue weighted by Gasteiger charge is -2.30. The maximum Gasteiger partial charge on any atom is 0.226 e. The maximum atomic E-state index is 14.7. The molecule has 0 aromatic carbocycles. The molecule has 0 spiro atoms. The third-order valence-electron chi connectivity index (χ3n) is 5.03. The number of aromatic nitrogens is 2. The molecule has 2 aromatic heterocycles. The highest BCUT2D eigenvalue weighted by atomic mass is 19.1. The Hall–Kier alpha value is -2.44. The van der Waals surface area contributed by atoms with E-state index >= 15 is 0 Å². The van der Waals surface area contributed by atoms with E-state index in [4.69, 9.17) is 4.52 Å². The maximum absolute atomic E-state index is 14.7. The molecule has 27 heavy (non-hydrogen) atoms. The molecule has 0 saturated heterocycles. The third-order valence-corrected chi connectivity index (χ3v) is 5.03. The standard InChI is InChI=1S/C20H25FN4O2/c1-11-5-13(27-24-11)10-25-9-12-6-14(12)18-16(25)7-15(21)19(23-18)22-17(26)8-20(2,3)4/h5,7,12,14H,6,8-10H2,1-4H3,(H,22,23,26)/t12-,14-/m0/s1. The van der Waals surface area contributed by atoms with Crippen molar-refractivity contribution in [2.24, 2.45) is 11.3 Å². The molecule has 1 fully saturated rings. The molecule has 1 amide bonds. The van der Waals surface area contributed by atoms with Crippen LogP contribution in [0, 0.1) is 24.1 Å². The smallest absolute Gasteiger partial charge is 0.226 e. The van der Waals surface area contributed by atoms with Crippen LogP contribution >= 0.6 is 0 Å². The van der Waals surface area contributed by atoms with Gasteiger partial charge in [0.2, 0.25) is 5.91 Å². The van der Waals surface area contributed by atoms with Gasteiger partial charge in [0.15, 0.2) is 17.4 Å². The van der Waals surface area contributed by atoms with Gasteiger partial charge in [0.05, 0.1) is 23.6 Å². The monoisotopic (exact) mass is 372 g/mol. The SMILES string of the molecule is Cc1cc(CN2C[C@@H]3C[C@@H]3c3nc(NC(=O)CC(C)(C)C)c(F)cc32)on1. The number of pyridine rings is 1. The minimum Gasteiger partial charge on any atom is -0.362 e. The van der Waals surface area contributed by atoms with Gasteiger partial charge in [-0.05, 0) is 24.7 Å². The molecule has 3 heterocycles. The van der Waals surface area contributed by atoms with Crippen molar-refractivity contribution in [2.75, 3.05) is 16.8 Å². The van der Waals surface area contributed by atoms with E-state index < -0.39 is 5.82 Å². The summed E-state index contributed by atoms with van der Waals surface area (Å²) in [6.07, 6.45) is 1.36. The number of amides is 1. The molecule has 0 bridgehead atoms. The minimum atomic E-state index is -0.506. The fourth-order valence-corrected chi connectivity index (χ4v) is 3.76. The van der Waals surface area contributed by atoms with Crippen LogP contribution in [0.4, 0.5) is 15.9 Å². The van der Waals surface area contributed by atoms with Crippen LogP contribution < -0.4 is 10.2 Å². The summed E-state index contributed by atoms with van der Waals surface area (Å²) in [7, 11) is 0. The van der Waals surface area contributed by atoms with E-state index in [0.29, 0.717) is 24.8 Å². The van der Waals surface area contributed by atoms with Gasteiger partial charge in [0, 0.05) is 31.0 Å². The van der Waals surface area contributed by atoms with Crippen molar-refractivity contribution in [3.8, 4) is 0 Å². The second-order valence-corrected chi connectivity index (χ2v) is 8.93. The van der Waals surface area contributed by atoms with Gasteiger partial charge in [-0.2, -0.15) is 0 Å². The van der Waals surface area contributed by atoms with Gasteiger partial charge in [0.1, 0.15) is 0 Å².